The maximum Gasteiger partial charge on any atom is 0.231 e. The summed E-state index contributed by atoms with van der Waals surface area (Å²) in [6.07, 6.45) is 0.101. The molecule has 3 aromatic heterocycles. The molecule has 0 fully saturated rings. The highest BCUT2D eigenvalue weighted by atomic mass is 16.5. The van der Waals surface area contributed by atoms with Crippen molar-refractivity contribution >= 4 is 33.6 Å². The molecule has 0 aliphatic rings. The molecule has 160 valence electrons. The van der Waals surface area contributed by atoms with Gasteiger partial charge in [0.05, 0.1) is 17.6 Å². The second-order valence-electron chi connectivity index (χ2n) is 8.21. The van der Waals surface area contributed by atoms with Gasteiger partial charge in [0.2, 0.25) is 5.91 Å². The first kappa shape index (κ1) is 19.9. The standard InChI is InChI=1S/C25H23N5O2/c1-14-9-16(3)25-19(10-14)21(29-32-25)13-24(31)27-23-12-17(4)28-30(23)22-11-15(2)18-7-5-6-8-20(18)26-22/h5-12H,13H2,1-4H3,(H,27,31). The molecule has 3 heterocycles. The molecular formula is C25H23N5O2. The Morgan fingerprint density at radius 1 is 1.00 bits per heavy atom. The van der Waals surface area contributed by atoms with Gasteiger partial charge in [-0.05, 0) is 62.6 Å². The Morgan fingerprint density at radius 2 is 1.81 bits per heavy atom. The number of hydrogen-bond donors (Lipinski definition) is 1. The number of nitrogens with one attached hydrogen (secondary N) is 1. The van der Waals surface area contributed by atoms with E-state index in [2.05, 4.69) is 15.6 Å². The summed E-state index contributed by atoms with van der Waals surface area (Å²) in [5.41, 5.74) is 6.20. The predicted molar refractivity (Wildman–Crippen MR) is 124 cm³/mol. The van der Waals surface area contributed by atoms with E-state index >= 15 is 0 Å². The van der Waals surface area contributed by atoms with Crippen LogP contribution in [0.25, 0.3) is 27.7 Å². The quantitative estimate of drug-likeness (QED) is 0.439. The van der Waals surface area contributed by atoms with Gasteiger partial charge in [0.1, 0.15) is 11.5 Å². The molecule has 1 N–H and O–H groups in total. The van der Waals surface area contributed by atoms with E-state index in [9.17, 15) is 4.79 Å². The predicted octanol–water partition coefficient (Wildman–Crippen LogP) is 4.98. The minimum Gasteiger partial charge on any atom is -0.356 e. The Labute approximate surface area is 185 Å². The van der Waals surface area contributed by atoms with E-state index in [1.165, 1.54) is 0 Å². The van der Waals surface area contributed by atoms with E-state index in [-0.39, 0.29) is 12.3 Å². The van der Waals surface area contributed by atoms with Gasteiger partial charge in [-0.1, -0.05) is 29.4 Å². The van der Waals surface area contributed by atoms with Crippen molar-refractivity contribution in [1.82, 2.24) is 19.9 Å². The number of carbonyl (C=O) groups is 1. The second kappa shape index (κ2) is 7.60. The molecule has 0 atom stereocenters. The lowest BCUT2D eigenvalue weighted by molar-refractivity contribution is -0.115. The van der Waals surface area contributed by atoms with Crippen molar-refractivity contribution in [2.45, 2.75) is 34.1 Å². The maximum atomic E-state index is 12.9. The van der Waals surface area contributed by atoms with Crippen molar-refractivity contribution < 1.29 is 9.32 Å². The fraction of sp³-hybridized carbons (Fsp3) is 0.200. The number of rotatable bonds is 4. The van der Waals surface area contributed by atoms with Gasteiger partial charge in [-0.2, -0.15) is 9.78 Å². The number of amides is 1. The second-order valence-corrected chi connectivity index (χ2v) is 8.21. The fourth-order valence-corrected chi connectivity index (χ4v) is 4.11. The molecule has 0 radical (unpaired) electrons. The average Bonchev–Trinajstić information content (AvgIpc) is 3.31. The van der Waals surface area contributed by atoms with Crippen LogP contribution in [0.4, 0.5) is 5.82 Å². The number of fused-ring (bicyclic) bond motifs is 2. The van der Waals surface area contributed by atoms with E-state index in [0.29, 0.717) is 17.3 Å². The lowest BCUT2D eigenvalue weighted by Gasteiger charge is -2.10. The topological polar surface area (TPSA) is 85.8 Å². The van der Waals surface area contributed by atoms with Crippen molar-refractivity contribution in [3.05, 3.63) is 76.6 Å². The largest absolute Gasteiger partial charge is 0.356 e. The molecule has 0 saturated heterocycles. The molecule has 5 rings (SSSR count). The maximum absolute atomic E-state index is 12.9. The minimum absolute atomic E-state index is 0.101. The number of aryl methyl sites for hydroxylation is 4. The lowest BCUT2D eigenvalue weighted by Crippen LogP contribution is -2.18. The van der Waals surface area contributed by atoms with Gasteiger partial charge in [-0.15, -0.1) is 0 Å². The zero-order valence-corrected chi connectivity index (χ0v) is 18.4. The molecule has 1 amide bonds. The zero-order chi connectivity index (χ0) is 22.4. The van der Waals surface area contributed by atoms with Gasteiger partial charge in [-0.25, -0.2) is 4.98 Å². The molecule has 0 aliphatic carbocycles. The Hall–Kier alpha value is -4.00. The number of nitrogens with zero attached hydrogens (tertiary/aromatic N) is 4. The summed E-state index contributed by atoms with van der Waals surface area (Å²) >= 11 is 0. The molecule has 0 spiro atoms. The number of hydrogen-bond acceptors (Lipinski definition) is 5. The van der Waals surface area contributed by atoms with Crippen LogP contribution in [-0.2, 0) is 11.2 Å². The van der Waals surface area contributed by atoms with Gasteiger partial charge in [-0.3, -0.25) is 4.79 Å². The first-order chi connectivity index (χ1) is 15.4. The summed E-state index contributed by atoms with van der Waals surface area (Å²) < 4.78 is 7.15. The first-order valence-electron chi connectivity index (χ1n) is 10.5. The highest BCUT2D eigenvalue weighted by Gasteiger charge is 2.17. The van der Waals surface area contributed by atoms with Gasteiger partial charge in [0.25, 0.3) is 0 Å². The molecule has 0 bridgehead atoms. The van der Waals surface area contributed by atoms with Crippen molar-refractivity contribution in [1.29, 1.82) is 0 Å². The monoisotopic (exact) mass is 425 g/mol. The molecule has 32 heavy (non-hydrogen) atoms. The van der Waals surface area contributed by atoms with Gasteiger partial charge >= 0.3 is 0 Å². The average molecular weight is 425 g/mol. The SMILES string of the molecule is Cc1cc(C)c2onc(CC(=O)Nc3cc(C)nn3-c3cc(C)c4ccccc4n3)c2c1. The molecular weight excluding hydrogens is 402 g/mol. The van der Waals surface area contributed by atoms with Crippen molar-refractivity contribution in [2.75, 3.05) is 5.32 Å². The van der Waals surface area contributed by atoms with E-state index in [1.54, 1.807) is 4.68 Å². The molecule has 2 aromatic carbocycles. The van der Waals surface area contributed by atoms with E-state index in [4.69, 9.17) is 9.51 Å². The molecule has 7 heteroatoms. The third kappa shape index (κ3) is 3.51. The Balaban J connectivity index is 1.46. The van der Waals surface area contributed by atoms with Crippen LogP contribution in [0.15, 0.2) is 53.1 Å². The van der Waals surface area contributed by atoms with Crippen LogP contribution in [0.5, 0.6) is 0 Å². The molecule has 0 unspecified atom stereocenters. The van der Waals surface area contributed by atoms with Crippen molar-refractivity contribution in [3.63, 3.8) is 0 Å². The molecule has 7 nitrogen and oxygen atoms in total. The summed E-state index contributed by atoms with van der Waals surface area (Å²) in [7, 11) is 0. The van der Waals surface area contributed by atoms with Gasteiger partial charge in [0, 0.05) is 16.8 Å². The van der Waals surface area contributed by atoms with Crippen molar-refractivity contribution in [2.24, 2.45) is 0 Å². The number of aromatic nitrogens is 4. The minimum atomic E-state index is -0.196. The van der Waals surface area contributed by atoms with E-state index in [1.807, 2.05) is 76.2 Å². The number of para-hydroxylation sites is 1. The number of pyridine rings is 1. The Morgan fingerprint density at radius 3 is 2.66 bits per heavy atom. The van der Waals surface area contributed by atoms with Crippen LogP contribution in [-0.4, -0.2) is 25.8 Å². The fourth-order valence-electron chi connectivity index (χ4n) is 4.11. The van der Waals surface area contributed by atoms with Crippen LogP contribution in [0, 0.1) is 27.7 Å². The smallest absolute Gasteiger partial charge is 0.231 e. The van der Waals surface area contributed by atoms with E-state index in [0.717, 1.165) is 44.3 Å². The number of benzene rings is 2. The molecule has 0 saturated carbocycles. The lowest BCUT2D eigenvalue weighted by atomic mass is 10.1. The third-order valence-corrected chi connectivity index (χ3v) is 5.53. The molecule has 5 aromatic rings. The van der Waals surface area contributed by atoms with Gasteiger partial charge in [0.15, 0.2) is 11.4 Å². The number of anilines is 1. The molecule has 0 aliphatic heterocycles. The number of carbonyl (C=O) groups excluding carboxylic acids is 1. The normalized spacial score (nSPS) is 11.4. The van der Waals surface area contributed by atoms with Crippen LogP contribution >= 0.6 is 0 Å². The highest BCUT2D eigenvalue weighted by Crippen LogP contribution is 2.25. The van der Waals surface area contributed by atoms with Crippen LogP contribution in [0.2, 0.25) is 0 Å². The van der Waals surface area contributed by atoms with Gasteiger partial charge < -0.3 is 9.84 Å². The van der Waals surface area contributed by atoms with Crippen LogP contribution < -0.4 is 5.32 Å². The van der Waals surface area contributed by atoms with Crippen LogP contribution in [0.3, 0.4) is 0 Å². The van der Waals surface area contributed by atoms with Crippen LogP contribution in [0.1, 0.15) is 28.1 Å². The summed E-state index contributed by atoms with van der Waals surface area (Å²) in [6, 6.07) is 15.8. The highest BCUT2D eigenvalue weighted by molar-refractivity contribution is 5.95. The zero-order valence-electron chi connectivity index (χ0n) is 18.4. The summed E-state index contributed by atoms with van der Waals surface area (Å²) in [5, 5.41) is 13.6. The van der Waals surface area contributed by atoms with E-state index < -0.39 is 0 Å². The summed E-state index contributed by atoms with van der Waals surface area (Å²) in [5.74, 6) is 1.02. The Kier molecular flexibility index (Phi) is 4.74. The third-order valence-electron chi connectivity index (χ3n) is 5.53. The summed E-state index contributed by atoms with van der Waals surface area (Å²) in [6.45, 7) is 7.92. The van der Waals surface area contributed by atoms with Crippen molar-refractivity contribution in [3.8, 4) is 5.82 Å². The summed E-state index contributed by atoms with van der Waals surface area (Å²) in [4.78, 5) is 17.7. The Bertz CT molecular complexity index is 1500. The first-order valence-corrected chi connectivity index (χ1v) is 10.5.